The second kappa shape index (κ2) is 5.06. The third-order valence-corrected chi connectivity index (χ3v) is 2.93. The zero-order valence-electron chi connectivity index (χ0n) is 9.55. The predicted molar refractivity (Wildman–Crippen MR) is 64.0 cm³/mol. The molecule has 3 heteroatoms. The molecule has 1 aromatic carbocycles. The second-order valence-electron chi connectivity index (χ2n) is 4.04. The lowest BCUT2D eigenvalue weighted by Gasteiger charge is -2.19. The van der Waals surface area contributed by atoms with Crippen molar-refractivity contribution in [3.05, 3.63) is 65.7 Å². The van der Waals surface area contributed by atoms with E-state index in [-0.39, 0.29) is 11.7 Å². The van der Waals surface area contributed by atoms with Gasteiger partial charge >= 0.3 is 0 Å². The van der Waals surface area contributed by atoms with E-state index >= 15 is 0 Å². The summed E-state index contributed by atoms with van der Waals surface area (Å²) in [6.07, 6.45) is 2.48. The van der Waals surface area contributed by atoms with Crippen molar-refractivity contribution >= 4 is 0 Å². The summed E-state index contributed by atoms with van der Waals surface area (Å²) in [7, 11) is 0. The van der Waals surface area contributed by atoms with Crippen LogP contribution in [0.5, 0.6) is 0 Å². The van der Waals surface area contributed by atoms with Crippen molar-refractivity contribution in [2.24, 2.45) is 0 Å². The SMILES string of the molecule is CC(c1ccncc1)C(O)c1ccccc1F. The van der Waals surface area contributed by atoms with Crippen LogP contribution in [0.2, 0.25) is 0 Å². The number of rotatable bonds is 3. The maximum Gasteiger partial charge on any atom is 0.129 e. The summed E-state index contributed by atoms with van der Waals surface area (Å²) in [6.45, 7) is 1.87. The lowest BCUT2D eigenvalue weighted by Crippen LogP contribution is -2.09. The third-order valence-electron chi connectivity index (χ3n) is 2.93. The van der Waals surface area contributed by atoms with Crippen molar-refractivity contribution in [3.63, 3.8) is 0 Å². The van der Waals surface area contributed by atoms with E-state index in [0.717, 1.165) is 5.56 Å². The summed E-state index contributed by atoms with van der Waals surface area (Å²) < 4.78 is 13.5. The highest BCUT2D eigenvalue weighted by atomic mass is 19.1. The van der Waals surface area contributed by atoms with Crippen LogP contribution in [0.1, 0.15) is 30.1 Å². The topological polar surface area (TPSA) is 33.1 Å². The van der Waals surface area contributed by atoms with Crippen molar-refractivity contribution in [2.75, 3.05) is 0 Å². The minimum Gasteiger partial charge on any atom is -0.388 e. The van der Waals surface area contributed by atoms with Crippen LogP contribution in [-0.4, -0.2) is 10.1 Å². The summed E-state index contributed by atoms with van der Waals surface area (Å²) in [6, 6.07) is 9.96. The van der Waals surface area contributed by atoms with E-state index in [0.29, 0.717) is 5.56 Å². The molecule has 0 spiro atoms. The van der Waals surface area contributed by atoms with Gasteiger partial charge in [0.2, 0.25) is 0 Å². The minimum atomic E-state index is -0.849. The van der Waals surface area contributed by atoms with Crippen LogP contribution in [0.4, 0.5) is 4.39 Å². The molecule has 2 nitrogen and oxygen atoms in total. The van der Waals surface area contributed by atoms with Gasteiger partial charge in [-0.1, -0.05) is 25.1 Å². The van der Waals surface area contributed by atoms with Gasteiger partial charge in [0.1, 0.15) is 5.82 Å². The Morgan fingerprint density at radius 1 is 1.12 bits per heavy atom. The van der Waals surface area contributed by atoms with Gasteiger partial charge in [0.25, 0.3) is 0 Å². The van der Waals surface area contributed by atoms with Gasteiger partial charge in [0.05, 0.1) is 6.10 Å². The Morgan fingerprint density at radius 3 is 2.41 bits per heavy atom. The molecule has 1 aromatic heterocycles. The van der Waals surface area contributed by atoms with Crippen LogP contribution >= 0.6 is 0 Å². The molecule has 0 aliphatic heterocycles. The highest BCUT2D eigenvalue weighted by Crippen LogP contribution is 2.31. The summed E-state index contributed by atoms with van der Waals surface area (Å²) in [5, 5.41) is 10.2. The monoisotopic (exact) mass is 231 g/mol. The molecule has 88 valence electrons. The summed E-state index contributed by atoms with van der Waals surface area (Å²) in [4.78, 5) is 3.92. The number of aliphatic hydroxyl groups is 1. The standard InChI is InChI=1S/C14H14FNO/c1-10(11-6-8-16-9-7-11)14(17)12-4-2-3-5-13(12)15/h2-10,14,17H,1H3. The lowest BCUT2D eigenvalue weighted by molar-refractivity contribution is 0.147. The number of hydrogen-bond donors (Lipinski definition) is 1. The fourth-order valence-electron chi connectivity index (χ4n) is 1.83. The normalized spacial score (nSPS) is 14.3. The predicted octanol–water partition coefficient (Wildman–Crippen LogP) is 3.06. The molecule has 2 rings (SSSR count). The third kappa shape index (κ3) is 2.50. The molecule has 0 aliphatic rings. The summed E-state index contributed by atoms with van der Waals surface area (Å²) in [5.74, 6) is -0.546. The van der Waals surface area contributed by atoms with Crippen LogP contribution < -0.4 is 0 Å². The number of nitrogens with zero attached hydrogens (tertiary/aromatic N) is 1. The molecule has 0 saturated carbocycles. The number of aromatic nitrogens is 1. The fourth-order valence-corrected chi connectivity index (χ4v) is 1.83. The number of pyridine rings is 1. The van der Waals surface area contributed by atoms with E-state index < -0.39 is 6.10 Å². The molecule has 0 bridgehead atoms. The minimum absolute atomic E-state index is 0.171. The molecule has 2 unspecified atom stereocenters. The van der Waals surface area contributed by atoms with Crippen LogP contribution in [0.3, 0.4) is 0 Å². The molecule has 0 aliphatic carbocycles. The van der Waals surface area contributed by atoms with Crippen molar-refractivity contribution < 1.29 is 9.50 Å². The molecule has 0 amide bonds. The van der Waals surface area contributed by atoms with Crippen LogP contribution in [0.25, 0.3) is 0 Å². The Hall–Kier alpha value is -1.74. The van der Waals surface area contributed by atoms with Gasteiger partial charge in [-0.05, 0) is 23.8 Å². The largest absolute Gasteiger partial charge is 0.388 e. The van der Waals surface area contributed by atoms with Crippen LogP contribution in [0.15, 0.2) is 48.8 Å². The highest BCUT2D eigenvalue weighted by Gasteiger charge is 2.20. The van der Waals surface area contributed by atoms with Gasteiger partial charge in [0.15, 0.2) is 0 Å². The van der Waals surface area contributed by atoms with Gasteiger partial charge in [-0.2, -0.15) is 0 Å². The highest BCUT2D eigenvalue weighted by molar-refractivity contribution is 5.25. The Balaban J connectivity index is 2.27. The number of halogens is 1. The summed E-state index contributed by atoms with van der Waals surface area (Å²) in [5.41, 5.74) is 1.27. The van der Waals surface area contributed by atoms with Crippen LogP contribution in [0, 0.1) is 5.82 Å². The second-order valence-corrected chi connectivity index (χ2v) is 4.04. The van der Waals surface area contributed by atoms with E-state index in [1.54, 1.807) is 30.6 Å². The molecule has 0 fully saturated rings. The Bertz CT molecular complexity index is 487. The number of aliphatic hydroxyl groups excluding tert-OH is 1. The maximum absolute atomic E-state index is 13.5. The first-order chi connectivity index (χ1) is 8.20. The molecular formula is C14H14FNO. The van der Waals surface area contributed by atoms with Gasteiger partial charge in [-0.15, -0.1) is 0 Å². The molecule has 1 N–H and O–H groups in total. The quantitative estimate of drug-likeness (QED) is 0.880. The molecular weight excluding hydrogens is 217 g/mol. The average molecular weight is 231 g/mol. The molecule has 2 atom stereocenters. The zero-order valence-corrected chi connectivity index (χ0v) is 9.55. The van der Waals surface area contributed by atoms with Crippen molar-refractivity contribution in [3.8, 4) is 0 Å². The van der Waals surface area contributed by atoms with E-state index in [2.05, 4.69) is 4.98 Å². The average Bonchev–Trinajstić information content (AvgIpc) is 2.39. The lowest BCUT2D eigenvalue weighted by atomic mass is 9.91. The van der Waals surface area contributed by atoms with Crippen molar-refractivity contribution in [1.82, 2.24) is 4.98 Å². The molecule has 0 radical (unpaired) electrons. The maximum atomic E-state index is 13.5. The number of hydrogen-bond acceptors (Lipinski definition) is 2. The molecule has 1 heterocycles. The molecule has 17 heavy (non-hydrogen) atoms. The van der Waals surface area contributed by atoms with Crippen molar-refractivity contribution in [2.45, 2.75) is 18.9 Å². The summed E-state index contributed by atoms with van der Waals surface area (Å²) >= 11 is 0. The number of benzene rings is 1. The Morgan fingerprint density at radius 2 is 1.76 bits per heavy atom. The van der Waals surface area contributed by atoms with Gasteiger partial charge in [-0.3, -0.25) is 4.98 Å². The smallest absolute Gasteiger partial charge is 0.129 e. The fraction of sp³-hybridized carbons (Fsp3) is 0.214. The van der Waals surface area contributed by atoms with E-state index in [1.807, 2.05) is 19.1 Å². The van der Waals surface area contributed by atoms with E-state index in [1.165, 1.54) is 6.07 Å². The Kier molecular flexibility index (Phi) is 3.49. The van der Waals surface area contributed by atoms with Gasteiger partial charge in [0, 0.05) is 23.9 Å². The van der Waals surface area contributed by atoms with Gasteiger partial charge < -0.3 is 5.11 Å². The molecule has 0 saturated heterocycles. The molecule has 2 aromatic rings. The zero-order chi connectivity index (χ0) is 12.3. The first-order valence-corrected chi connectivity index (χ1v) is 5.52. The van der Waals surface area contributed by atoms with Crippen molar-refractivity contribution in [1.29, 1.82) is 0 Å². The van der Waals surface area contributed by atoms with Gasteiger partial charge in [-0.25, -0.2) is 4.39 Å². The van der Waals surface area contributed by atoms with Crippen LogP contribution in [-0.2, 0) is 0 Å². The first kappa shape index (κ1) is 11.7. The Labute approximate surface area is 99.8 Å². The van der Waals surface area contributed by atoms with E-state index in [9.17, 15) is 9.50 Å². The van der Waals surface area contributed by atoms with E-state index in [4.69, 9.17) is 0 Å². The first-order valence-electron chi connectivity index (χ1n) is 5.52.